The molecule has 30 heavy (non-hydrogen) atoms. The zero-order chi connectivity index (χ0) is 20.4. The average Bonchev–Trinajstić information content (AvgIpc) is 3.32. The topological polar surface area (TPSA) is 39.2 Å². The minimum Gasteiger partial charge on any atom is -0.464 e. The van der Waals surface area contributed by atoms with Crippen LogP contribution in [-0.2, 0) is 0 Å². The van der Waals surface area contributed by atoms with Crippen molar-refractivity contribution in [1.29, 1.82) is 0 Å². The molecule has 0 fully saturated rings. The van der Waals surface area contributed by atoms with Crippen LogP contribution in [0.5, 0.6) is 0 Å². The highest BCUT2D eigenvalue weighted by Crippen LogP contribution is 2.41. The number of aromatic nitrogens is 1. The number of benzene rings is 3. The van der Waals surface area contributed by atoms with Crippen molar-refractivity contribution in [3.05, 3.63) is 78.2 Å². The van der Waals surface area contributed by atoms with E-state index >= 15 is 0 Å². The maximum Gasteiger partial charge on any atom is 0.139 e. The molecule has 0 amide bonds. The predicted molar refractivity (Wildman–Crippen MR) is 123 cm³/mol. The first-order valence-electron chi connectivity index (χ1n) is 10.3. The number of hydrogen-bond donors (Lipinski definition) is 0. The Morgan fingerprint density at radius 2 is 1.63 bits per heavy atom. The number of pyridine rings is 1. The van der Waals surface area contributed by atoms with Crippen LogP contribution in [0.2, 0.25) is 0 Å². The van der Waals surface area contributed by atoms with Gasteiger partial charge in [0, 0.05) is 22.5 Å². The Bertz CT molecular complexity index is 1580. The summed E-state index contributed by atoms with van der Waals surface area (Å²) in [5, 5.41) is 5.76. The van der Waals surface area contributed by atoms with E-state index in [0.717, 1.165) is 49.7 Å². The summed E-state index contributed by atoms with van der Waals surface area (Å²) in [6.45, 7) is 6.56. The Morgan fingerprint density at radius 3 is 2.50 bits per heavy atom. The van der Waals surface area contributed by atoms with Gasteiger partial charge in [0.15, 0.2) is 0 Å². The normalized spacial score (nSPS) is 12.1. The lowest BCUT2D eigenvalue weighted by Gasteiger charge is -2.13. The second-order valence-corrected chi connectivity index (χ2v) is 8.31. The molecule has 3 aromatic carbocycles. The Labute approximate surface area is 173 Å². The fourth-order valence-electron chi connectivity index (χ4n) is 4.66. The van der Waals surface area contributed by atoms with Crippen molar-refractivity contribution >= 4 is 43.7 Å². The number of fused-ring (bicyclic) bond motifs is 6. The maximum atomic E-state index is 6.23. The molecule has 3 aromatic heterocycles. The third-order valence-electron chi connectivity index (χ3n) is 6.06. The van der Waals surface area contributed by atoms with Gasteiger partial charge >= 0.3 is 0 Å². The van der Waals surface area contributed by atoms with E-state index < -0.39 is 0 Å². The van der Waals surface area contributed by atoms with Gasteiger partial charge in [0.1, 0.15) is 16.7 Å². The molecule has 0 saturated carbocycles. The van der Waals surface area contributed by atoms with Crippen LogP contribution in [0.3, 0.4) is 0 Å². The van der Waals surface area contributed by atoms with E-state index in [2.05, 4.69) is 57.2 Å². The van der Waals surface area contributed by atoms with Gasteiger partial charge in [-0.3, -0.25) is 4.98 Å². The molecule has 0 aliphatic rings. The Balaban J connectivity index is 1.77. The van der Waals surface area contributed by atoms with E-state index in [1.165, 1.54) is 16.3 Å². The van der Waals surface area contributed by atoms with Crippen molar-refractivity contribution in [2.24, 2.45) is 0 Å². The van der Waals surface area contributed by atoms with E-state index in [-0.39, 0.29) is 0 Å². The highest BCUT2D eigenvalue weighted by atomic mass is 16.3. The molecule has 0 spiro atoms. The minimum atomic E-state index is 0.415. The molecule has 3 heterocycles. The summed E-state index contributed by atoms with van der Waals surface area (Å²) in [6, 6.07) is 19.0. The summed E-state index contributed by atoms with van der Waals surface area (Å²) in [6.07, 6.45) is 3.65. The van der Waals surface area contributed by atoms with Gasteiger partial charge in [-0.05, 0) is 65.1 Å². The van der Waals surface area contributed by atoms with Crippen molar-refractivity contribution in [3.63, 3.8) is 0 Å². The van der Waals surface area contributed by atoms with E-state index in [9.17, 15) is 0 Å². The number of rotatable bonds is 2. The fourth-order valence-corrected chi connectivity index (χ4v) is 4.66. The third kappa shape index (κ3) is 2.35. The SMILES string of the molecule is Cc1coc2ccc3oc4ccnc(-c5cc(C(C)C)c6ccccc6c5)c4c3c12. The van der Waals surface area contributed by atoms with Gasteiger partial charge in [0.2, 0.25) is 0 Å². The van der Waals surface area contributed by atoms with E-state index in [1.807, 2.05) is 30.7 Å². The molecule has 3 heteroatoms. The Kier molecular flexibility index (Phi) is 3.57. The molecule has 0 unspecified atom stereocenters. The number of nitrogens with zero attached hydrogens (tertiary/aromatic N) is 1. The van der Waals surface area contributed by atoms with Gasteiger partial charge in [-0.1, -0.05) is 38.1 Å². The second kappa shape index (κ2) is 6.20. The molecule has 0 aliphatic carbocycles. The van der Waals surface area contributed by atoms with Crippen LogP contribution in [0.25, 0.3) is 54.9 Å². The van der Waals surface area contributed by atoms with Crippen LogP contribution in [0.15, 0.2) is 75.9 Å². The minimum absolute atomic E-state index is 0.415. The molecule has 0 bridgehead atoms. The molecule has 146 valence electrons. The highest BCUT2D eigenvalue weighted by Gasteiger charge is 2.19. The smallest absolute Gasteiger partial charge is 0.139 e. The van der Waals surface area contributed by atoms with Gasteiger partial charge in [0.25, 0.3) is 0 Å². The van der Waals surface area contributed by atoms with E-state index in [1.54, 1.807) is 0 Å². The molecule has 0 radical (unpaired) electrons. The molecule has 6 aromatic rings. The Hall–Kier alpha value is -3.59. The zero-order valence-corrected chi connectivity index (χ0v) is 17.2. The van der Waals surface area contributed by atoms with Gasteiger partial charge < -0.3 is 8.83 Å². The Morgan fingerprint density at radius 1 is 0.833 bits per heavy atom. The lowest BCUT2D eigenvalue weighted by Crippen LogP contribution is -1.93. The van der Waals surface area contributed by atoms with Crippen LogP contribution in [-0.4, -0.2) is 4.98 Å². The predicted octanol–water partition coefficient (Wildman–Crippen LogP) is 7.98. The van der Waals surface area contributed by atoms with Gasteiger partial charge in [0.05, 0.1) is 17.3 Å². The van der Waals surface area contributed by atoms with Crippen molar-refractivity contribution in [1.82, 2.24) is 4.98 Å². The van der Waals surface area contributed by atoms with E-state index in [4.69, 9.17) is 13.8 Å². The first kappa shape index (κ1) is 17.3. The van der Waals surface area contributed by atoms with Gasteiger partial charge in [-0.25, -0.2) is 0 Å². The van der Waals surface area contributed by atoms with Crippen LogP contribution in [0.1, 0.15) is 30.9 Å². The molecule has 0 N–H and O–H groups in total. The molecular weight excluding hydrogens is 370 g/mol. The number of furan rings is 2. The first-order valence-corrected chi connectivity index (χ1v) is 10.3. The van der Waals surface area contributed by atoms with Crippen molar-refractivity contribution in [3.8, 4) is 11.3 Å². The third-order valence-corrected chi connectivity index (χ3v) is 6.06. The van der Waals surface area contributed by atoms with Crippen molar-refractivity contribution < 1.29 is 8.83 Å². The van der Waals surface area contributed by atoms with Crippen LogP contribution < -0.4 is 0 Å². The van der Waals surface area contributed by atoms with E-state index in [0.29, 0.717) is 5.92 Å². The van der Waals surface area contributed by atoms with Gasteiger partial charge in [-0.2, -0.15) is 0 Å². The molecule has 0 atom stereocenters. The second-order valence-electron chi connectivity index (χ2n) is 8.31. The lowest BCUT2D eigenvalue weighted by atomic mass is 9.91. The summed E-state index contributed by atoms with van der Waals surface area (Å²) in [5.74, 6) is 0.415. The number of aryl methyl sites for hydroxylation is 1. The molecule has 0 aliphatic heterocycles. The fraction of sp³-hybridized carbons (Fsp3) is 0.148. The summed E-state index contributed by atoms with van der Waals surface area (Å²) in [5.41, 5.74) is 7.09. The van der Waals surface area contributed by atoms with Crippen molar-refractivity contribution in [2.45, 2.75) is 26.7 Å². The quantitative estimate of drug-likeness (QED) is 0.300. The summed E-state index contributed by atoms with van der Waals surface area (Å²) in [7, 11) is 0. The van der Waals surface area contributed by atoms with Crippen molar-refractivity contribution in [2.75, 3.05) is 0 Å². The molecule has 6 rings (SSSR count). The monoisotopic (exact) mass is 391 g/mol. The largest absolute Gasteiger partial charge is 0.464 e. The average molecular weight is 391 g/mol. The summed E-state index contributed by atoms with van der Waals surface area (Å²) >= 11 is 0. The summed E-state index contributed by atoms with van der Waals surface area (Å²) < 4.78 is 12.0. The first-order chi connectivity index (χ1) is 14.6. The molecule has 0 saturated heterocycles. The maximum absolute atomic E-state index is 6.23. The highest BCUT2D eigenvalue weighted by molar-refractivity contribution is 6.22. The van der Waals surface area contributed by atoms with Crippen LogP contribution in [0.4, 0.5) is 0 Å². The molecular formula is C27H21NO2. The zero-order valence-electron chi connectivity index (χ0n) is 17.2. The molecule has 3 nitrogen and oxygen atoms in total. The summed E-state index contributed by atoms with van der Waals surface area (Å²) in [4.78, 5) is 4.84. The lowest BCUT2D eigenvalue weighted by molar-refractivity contribution is 0.612. The van der Waals surface area contributed by atoms with Crippen LogP contribution in [0, 0.1) is 6.92 Å². The number of hydrogen-bond acceptors (Lipinski definition) is 3. The van der Waals surface area contributed by atoms with Crippen LogP contribution >= 0.6 is 0 Å². The standard InChI is InChI=1S/C27H21NO2/c1-15(2)20-13-18(12-17-6-4-5-7-19(17)20)27-26-23(10-11-28-27)30-22-9-8-21-24(25(22)26)16(3)14-29-21/h4-15H,1-3H3. The van der Waals surface area contributed by atoms with Gasteiger partial charge in [-0.15, -0.1) is 0 Å².